The Morgan fingerprint density at radius 1 is 1.06 bits per heavy atom. The van der Waals surface area contributed by atoms with E-state index >= 15 is 0 Å². The van der Waals surface area contributed by atoms with Gasteiger partial charge in [0.1, 0.15) is 0 Å². The first-order valence-corrected chi connectivity index (χ1v) is 5.24. The Morgan fingerprint density at radius 3 is 2.35 bits per heavy atom. The number of nitrogens with two attached hydrogens (primary N) is 1. The van der Waals surface area contributed by atoms with Gasteiger partial charge in [0.2, 0.25) is 0 Å². The summed E-state index contributed by atoms with van der Waals surface area (Å²) in [7, 11) is 0. The minimum Gasteiger partial charge on any atom is -0.326 e. The maximum absolute atomic E-state index is 10.5. The quantitative estimate of drug-likeness (QED) is 0.648. The number of hydrogen-bond donors (Lipinski definition) is 1. The van der Waals surface area contributed by atoms with Gasteiger partial charge in [-0.05, 0) is 34.9 Å². The summed E-state index contributed by atoms with van der Waals surface area (Å²) < 4.78 is 0. The molecule has 2 rings (SSSR count). The van der Waals surface area contributed by atoms with Crippen molar-refractivity contribution in [3.05, 3.63) is 64.2 Å². The maximum atomic E-state index is 10.5. The van der Waals surface area contributed by atoms with Crippen LogP contribution in [0.4, 0.5) is 5.69 Å². The van der Waals surface area contributed by atoms with Crippen molar-refractivity contribution in [1.82, 2.24) is 0 Å². The van der Waals surface area contributed by atoms with Crippen LogP contribution in [0.1, 0.15) is 5.56 Å². The molecule has 4 nitrogen and oxygen atoms in total. The van der Waals surface area contributed by atoms with E-state index in [1.807, 2.05) is 24.3 Å². The monoisotopic (exact) mass is 228 g/mol. The summed E-state index contributed by atoms with van der Waals surface area (Å²) in [6.45, 7) is 0.487. The molecule has 0 atom stereocenters. The molecule has 0 amide bonds. The molecule has 0 heterocycles. The summed E-state index contributed by atoms with van der Waals surface area (Å²) in [5.41, 5.74) is 8.68. The zero-order chi connectivity index (χ0) is 12.3. The van der Waals surface area contributed by atoms with Gasteiger partial charge in [0.15, 0.2) is 0 Å². The molecule has 0 aromatic heterocycles. The molecule has 0 unspecified atom stereocenters. The van der Waals surface area contributed by atoms with Gasteiger partial charge in [0.25, 0.3) is 5.69 Å². The second kappa shape index (κ2) is 4.76. The summed E-state index contributed by atoms with van der Waals surface area (Å²) >= 11 is 0. The van der Waals surface area contributed by atoms with Gasteiger partial charge in [-0.1, -0.05) is 18.2 Å². The van der Waals surface area contributed by atoms with Gasteiger partial charge in [-0.15, -0.1) is 0 Å². The van der Waals surface area contributed by atoms with E-state index in [1.54, 1.807) is 12.1 Å². The molecule has 4 heteroatoms. The van der Waals surface area contributed by atoms with Crippen molar-refractivity contribution >= 4 is 5.69 Å². The fraction of sp³-hybridized carbons (Fsp3) is 0.0769. The van der Waals surface area contributed by atoms with E-state index in [4.69, 9.17) is 5.73 Å². The third kappa shape index (κ3) is 2.49. The lowest BCUT2D eigenvalue weighted by Crippen LogP contribution is -1.95. The van der Waals surface area contributed by atoms with Crippen LogP contribution in [-0.2, 0) is 6.54 Å². The number of nitrogens with zero attached hydrogens (tertiary/aromatic N) is 1. The van der Waals surface area contributed by atoms with E-state index in [-0.39, 0.29) is 5.69 Å². The second-order valence-electron chi connectivity index (χ2n) is 3.71. The summed E-state index contributed by atoms with van der Waals surface area (Å²) in [5.74, 6) is 0. The number of rotatable bonds is 3. The van der Waals surface area contributed by atoms with Crippen molar-refractivity contribution in [2.75, 3.05) is 0 Å². The van der Waals surface area contributed by atoms with Crippen molar-refractivity contribution in [1.29, 1.82) is 0 Å². The van der Waals surface area contributed by atoms with Crippen LogP contribution in [0.25, 0.3) is 11.1 Å². The normalized spacial score (nSPS) is 10.2. The highest BCUT2D eigenvalue weighted by atomic mass is 16.6. The van der Waals surface area contributed by atoms with Gasteiger partial charge < -0.3 is 5.73 Å². The molecule has 0 fully saturated rings. The molecule has 0 radical (unpaired) electrons. The third-order valence-electron chi connectivity index (χ3n) is 2.57. The van der Waals surface area contributed by atoms with Crippen LogP contribution in [0.2, 0.25) is 0 Å². The average molecular weight is 228 g/mol. The molecular weight excluding hydrogens is 216 g/mol. The van der Waals surface area contributed by atoms with Gasteiger partial charge in [0.05, 0.1) is 4.92 Å². The first-order valence-electron chi connectivity index (χ1n) is 5.24. The highest BCUT2D eigenvalue weighted by Gasteiger charge is 2.05. The highest BCUT2D eigenvalue weighted by molar-refractivity contribution is 5.65. The molecule has 86 valence electrons. The fourth-order valence-corrected chi connectivity index (χ4v) is 1.65. The molecule has 0 saturated carbocycles. The maximum Gasteiger partial charge on any atom is 0.269 e. The average Bonchev–Trinajstić information content (AvgIpc) is 2.39. The van der Waals surface area contributed by atoms with Crippen molar-refractivity contribution in [2.45, 2.75) is 6.54 Å². The molecule has 2 N–H and O–H groups in total. The van der Waals surface area contributed by atoms with Gasteiger partial charge >= 0.3 is 0 Å². The standard InChI is InChI=1S/C13H12N2O2/c14-9-10-2-1-3-12(8-10)11-4-6-13(7-5-11)15(16)17/h1-8H,9,14H2. The summed E-state index contributed by atoms with van der Waals surface area (Å²) in [4.78, 5) is 10.1. The summed E-state index contributed by atoms with van der Waals surface area (Å²) in [5, 5.41) is 10.5. The predicted molar refractivity (Wildman–Crippen MR) is 66.4 cm³/mol. The molecule has 2 aromatic carbocycles. The van der Waals surface area contributed by atoms with Crippen LogP contribution in [0.15, 0.2) is 48.5 Å². The van der Waals surface area contributed by atoms with E-state index in [1.165, 1.54) is 12.1 Å². The van der Waals surface area contributed by atoms with E-state index < -0.39 is 4.92 Å². The van der Waals surface area contributed by atoms with Crippen LogP contribution in [0.3, 0.4) is 0 Å². The predicted octanol–water partition coefficient (Wildman–Crippen LogP) is 2.72. The molecule has 17 heavy (non-hydrogen) atoms. The molecule has 0 aliphatic carbocycles. The van der Waals surface area contributed by atoms with Crippen LogP contribution in [-0.4, -0.2) is 4.92 Å². The molecular formula is C13H12N2O2. The largest absolute Gasteiger partial charge is 0.326 e. The van der Waals surface area contributed by atoms with Crippen LogP contribution >= 0.6 is 0 Å². The van der Waals surface area contributed by atoms with Gasteiger partial charge in [-0.3, -0.25) is 10.1 Å². The minimum absolute atomic E-state index is 0.101. The Labute approximate surface area is 98.8 Å². The van der Waals surface area contributed by atoms with E-state index in [9.17, 15) is 10.1 Å². The lowest BCUT2D eigenvalue weighted by atomic mass is 10.0. The number of hydrogen-bond acceptors (Lipinski definition) is 3. The second-order valence-corrected chi connectivity index (χ2v) is 3.71. The van der Waals surface area contributed by atoms with Crippen LogP contribution in [0, 0.1) is 10.1 Å². The molecule has 0 aliphatic rings. The Morgan fingerprint density at radius 2 is 1.76 bits per heavy atom. The molecule has 0 saturated heterocycles. The van der Waals surface area contributed by atoms with Crippen molar-refractivity contribution in [2.24, 2.45) is 5.73 Å². The Hall–Kier alpha value is -2.20. The van der Waals surface area contributed by atoms with Crippen molar-refractivity contribution < 1.29 is 4.92 Å². The summed E-state index contributed by atoms with van der Waals surface area (Å²) in [6, 6.07) is 14.3. The van der Waals surface area contributed by atoms with Crippen LogP contribution in [0.5, 0.6) is 0 Å². The zero-order valence-electron chi connectivity index (χ0n) is 9.17. The Bertz CT molecular complexity index is 535. The topological polar surface area (TPSA) is 69.2 Å². The highest BCUT2D eigenvalue weighted by Crippen LogP contribution is 2.23. The summed E-state index contributed by atoms with van der Waals surface area (Å²) in [6.07, 6.45) is 0. The smallest absolute Gasteiger partial charge is 0.269 e. The van der Waals surface area contributed by atoms with Gasteiger partial charge in [0, 0.05) is 18.7 Å². The number of nitro benzene ring substituents is 1. The van der Waals surface area contributed by atoms with Crippen molar-refractivity contribution in [3.8, 4) is 11.1 Å². The van der Waals surface area contributed by atoms with Crippen molar-refractivity contribution in [3.63, 3.8) is 0 Å². The fourth-order valence-electron chi connectivity index (χ4n) is 1.65. The molecule has 0 spiro atoms. The Kier molecular flexibility index (Phi) is 3.16. The number of non-ortho nitro benzene ring substituents is 1. The number of benzene rings is 2. The SMILES string of the molecule is NCc1cccc(-c2ccc([N+](=O)[O-])cc2)c1. The number of nitro groups is 1. The van der Waals surface area contributed by atoms with E-state index in [0.717, 1.165) is 16.7 Å². The molecule has 0 aliphatic heterocycles. The minimum atomic E-state index is -0.403. The third-order valence-corrected chi connectivity index (χ3v) is 2.57. The van der Waals surface area contributed by atoms with Gasteiger partial charge in [-0.2, -0.15) is 0 Å². The zero-order valence-corrected chi connectivity index (χ0v) is 9.17. The Balaban J connectivity index is 2.36. The van der Waals surface area contributed by atoms with E-state index in [2.05, 4.69) is 0 Å². The molecule has 2 aromatic rings. The van der Waals surface area contributed by atoms with E-state index in [0.29, 0.717) is 6.54 Å². The lowest BCUT2D eigenvalue weighted by molar-refractivity contribution is -0.384. The van der Waals surface area contributed by atoms with Gasteiger partial charge in [-0.25, -0.2) is 0 Å². The first kappa shape index (κ1) is 11.3. The lowest BCUT2D eigenvalue weighted by Gasteiger charge is -2.03. The first-order chi connectivity index (χ1) is 8.20. The molecule has 0 bridgehead atoms. The van der Waals surface area contributed by atoms with Crippen LogP contribution < -0.4 is 5.73 Å².